The smallest absolute Gasteiger partial charge is 0.352 e. The monoisotopic (exact) mass is 372 g/mol. The Morgan fingerprint density at radius 2 is 2.04 bits per heavy atom. The molecule has 1 aromatic heterocycles. The molecule has 0 spiro atoms. The molecule has 0 saturated carbocycles. The van der Waals surface area contributed by atoms with Crippen LogP contribution in [0.3, 0.4) is 0 Å². The van der Waals surface area contributed by atoms with Crippen LogP contribution >= 0.6 is 11.6 Å². The largest absolute Gasteiger partial charge is 0.418 e. The standard InChI is InChI=1S/C16H16ClF3N4O/c1-3-9(2)22-15-21-7-6-13(24-15)14(25)23-12-5-4-10(17)8-11(12)16(18,19)20/h4-9H,3H2,1-2H3,(H,23,25)(H,21,22,24). The molecule has 0 aliphatic carbocycles. The van der Waals surface area contributed by atoms with Crippen LogP contribution in [0.4, 0.5) is 24.8 Å². The van der Waals surface area contributed by atoms with Gasteiger partial charge in [-0.15, -0.1) is 0 Å². The molecule has 25 heavy (non-hydrogen) atoms. The number of anilines is 2. The minimum Gasteiger partial charge on any atom is -0.352 e. The Balaban J connectivity index is 2.25. The fourth-order valence-electron chi connectivity index (χ4n) is 1.92. The van der Waals surface area contributed by atoms with E-state index >= 15 is 0 Å². The number of carbonyl (C=O) groups is 1. The molecule has 134 valence electrons. The van der Waals surface area contributed by atoms with Gasteiger partial charge < -0.3 is 10.6 Å². The number of carbonyl (C=O) groups excluding carboxylic acids is 1. The molecule has 2 N–H and O–H groups in total. The average molecular weight is 373 g/mol. The predicted molar refractivity (Wildman–Crippen MR) is 89.8 cm³/mol. The summed E-state index contributed by atoms with van der Waals surface area (Å²) in [6, 6.07) is 4.53. The van der Waals surface area contributed by atoms with Crippen LogP contribution in [-0.2, 0) is 6.18 Å². The van der Waals surface area contributed by atoms with Crippen molar-refractivity contribution in [1.82, 2.24) is 9.97 Å². The van der Waals surface area contributed by atoms with E-state index < -0.39 is 23.3 Å². The average Bonchev–Trinajstić information content (AvgIpc) is 2.55. The molecule has 1 atom stereocenters. The second-order valence-electron chi connectivity index (χ2n) is 5.36. The predicted octanol–water partition coefficient (Wildman–Crippen LogP) is 4.61. The number of hydrogen-bond donors (Lipinski definition) is 2. The topological polar surface area (TPSA) is 66.9 Å². The number of nitrogens with zero attached hydrogens (tertiary/aromatic N) is 2. The summed E-state index contributed by atoms with van der Waals surface area (Å²) in [5, 5.41) is 5.14. The van der Waals surface area contributed by atoms with Gasteiger partial charge in [0.1, 0.15) is 5.69 Å². The van der Waals surface area contributed by atoms with E-state index in [1.54, 1.807) is 0 Å². The molecule has 1 heterocycles. The summed E-state index contributed by atoms with van der Waals surface area (Å²) in [6.45, 7) is 3.88. The lowest BCUT2D eigenvalue weighted by Gasteiger charge is -2.14. The van der Waals surface area contributed by atoms with Gasteiger partial charge in [0.05, 0.1) is 11.3 Å². The first kappa shape index (κ1) is 19.0. The van der Waals surface area contributed by atoms with E-state index in [2.05, 4.69) is 20.6 Å². The molecular weight excluding hydrogens is 357 g/mol. The fraction of sp³-hybridized carbons (Fsp3) is 0.312. The lowest BCUT2D eigenvalue weighted by molar-refractivity contribution is -0.136. The maximum Gasteiger partial charge on any atom is 0.418 e. The zero-order valence-electron chi connectivity index (χ0n) is 13.5. The van der Waals surface area contributed by atoms with Crippen molar-refractivity contribution in [3.63, 3.8) is 0 Å². The highest BCUT2D eigenvalue weighted by Crippen LogP contribution is 2.36. The van der Waals surface area contributed by atoms with Crippen molar-refractivity contribution >= 4 is 29.1 Å². The third-order valence-corrected chi connectivity index (χ3v) is 3.65. The molecule has 0 saturated heterocycles. The van der Waals surface area contributed by atoms with Gasteiger partial charge in [-0.25, -0.2) is 9.97 Å². The molecule has 0 aliphatic heterocycles. The first-order valence-corrected chi connectivity index (χ1v) is 7.86. The van der Waals surface area contributed by atoms with Crippen LogP contribution in [0.1, 0.15) is 36.3 Å². The quantitative estimate of drug-likeness (QED) is 0.804. The Labute approximate surface area is 147 Å². The summed E-state index contributed by atoms with van der Waals surface area (Å²) >= 11 is 5.62. The maximum atomic E-state index is 13.1. The van der Waals surface area contributed by atoms with Gasteiger partial charge in [0.25, 0.3) is 5.91 Å². The third kappa shape index (κ3) is 5.06. The lowest BCUT2D eigenvalue weighted by Crippen LogP contribution is -2.20. The number of rotatable bonds is 5. The number of amides is 1. The SMILES string of the molecule is CCC(C)Nc1nccc(C(=O)Nc2ccc(Cl)cc2C(F)(F)F)n1. The zero-order valence-corrected chi connectivity index (χ0v) is 14.2. The van der Waals surface area contributed by atoms with Crippen molar-refractivity contribution in [1.29, 1.82) is 0 Å². The number of alkyl halides is 3. The molecule has 0 radical (unpaired) electrons. The van der Waals surface area contributed by atoms with Crippen molar-refractivity contribution in [2.45, 2.75) is 32.5 Å². The van der Waals surface area contributed by atoms with Gasteiger partial charge in [-0.2, -0.15) is 13.2 Å². The first-order valence-electron chi connectivity index (χ1n) is 7.48. The summed E-state index contributed by atoms with van der Waals surface area (Å²) in [5.74, 6) is -0.545. The van der Waals surface area contributed by atoms with E-state index in [0.29, 0.717) is 0 Å². The van der Waals surface area contributed by atoms with Gasteiger partial charge in [-0.1, -0.05) is 18.5 Å². The van der Waals surface area contributed by atoms with E-state index in [-0.39, 0.29) is 22.7 Å². The maximum absolute atomic E-state index is 13.1. The fourth-order valence-corrected chi connectivity index (χ4v) is 2.10. The van der Waals surface area contributed by atoms with Gasteiger partial charge in [0, 0.05) is 17.3 Å². The van der Waals surface area contributed by atoms with Crippen molar-refractivity contribution in [3.8, 4) is 0 Å². The Bertz CT molecular complexity index is 767. The molecular formula is C16H16ClF3N4O. The summed E-state index contributed by atoms with van der Waals surface area (Å²) in [5.41, 5.74) is -1.47. The van der Waals surface area contributed by atoms with E-state index in [1.807, 2.05) is 13.8 Å². The summed E-state index contributed by atoms with van der Waals surface area (Å²) < 4.78 is 39.2. The van der Waals surface area contributed by atoms with Crippen molar-refractivity contribution in [2.75, 3.05) is 10.6 Å². The normalized spacial score (nSPS) is 12.6. The van der Waals surface area contributed by atoms with E-state index in [9.17, 15) is 18.0 Å². The van der Waals surface area contributed by atoms with Crippen molar-refractivity contribution in [2.24, 2.45) is 0 Å². The zero-order chi connectivity index (χ0) is 18.6. The Morgan fingerprint density at radius 1 is 1.32 bits per heavy atom. The van der Waals surface area contributed by atoms with Gasteiger partial charge in [0.2, 0.25) is 5.95 Å². The highest BCUT2D eigenvalue weighted by molar-refractivity contribution is 6.30. The number of benzene rings is 1. The second-order valence-corrected chi connectivity index (χ2v) is 5.80. The van der Waals surface area contributed by atoms with Crippen LogP contribution in [0.2, 0.25) is 5.02 Å². The Hall–Kier alpha value is -2.35. The molecule has 9 heteroatoms. The molecule has 5 nitrogen and oxygen atoms in total. The van der Waals surface area contributed by atoms with E-state index in [1.165, 1.54) is 18.3 Å². The lowest BCUT2D eigenvalue weighted by atomic mass is 10.1. The van der Waals surface area contributed by atoms with Crippen LogP contribution in [0.5, 0.6) is 0 Å². The summed E-state index contributed by atoms with van der Waals surface area (Å²) in [7, 11) is 0. The summed E-state index contributed by atoms with van der Waals surface area (Å²) in [4.78, 5) is 20.3. The second kappa shape index (κ2) is 7.69. The van der Waals surface area contributed by atoms with Gasteiger partial charge in [0.15, 0.2) is 0 Å². The highest BCUT2D eigenvalue weighted by atomic mass is 35.5. The highest BCUT2D eigenvalue weighted by Gasteiger charge is 2.34. The Morgan fingerprint density at radius 3 is 2.68 bits per heavy atom. The van der Waals surface area contributed by atoms with Gasteiger partial charge >= 0.3 is 6.18 Å². The molecule has 0 fully saturated rings. The Kier molecular flexibility index (Phi) is 5.84. The molecule has 2 aromatic rings. The molecule has 0 bridgehead atoms. The van der Waals surface area contributed by atoms with Gasteiger partial charge in [-0.05, 0) is 37.6 Å². The van der Waals surface area contributed by atoms with Crippen molar-refractivity contribution < 1.29 is 18.0 Å². The number of nitrogens with one attached hydrogen (secondary N) is 2. The molecule has 1 unspecified atom stereocenters. The van der Waals surface area contributed by atoms with Crippen LogP contribution in [-0.4, -0.2) is 21.9 Å². The van der Waals surface area contributed by atoms with Crippen LogP contribution in [0.15, 0.2) is 30.5 Å². The van der Waals surface area contributed by atoms with Gasteiger partial charge in [-0.3, -0.25) is 4.79 Å². The first-order chi connectivity index (χ1) is 11.7. The minimum absolute atomic E-state index is 0.0520. The van der Waals surface area contributed by atoms with Crippen molar-refractivity contribution in [3.05, 3.63) is 46.7 Å². The number of halogens is 4. The third-order valence-electron chi connectivity index (χ3n) is 3.41. The molecule has 1 amide bonds. The van der Waals surface area contributed by atoms with Crippen LogP contribution < -0.4 is 10.6 Å². The van der Waals surface area contributed by atoms with Crippen LogP contribution in [0, 0.1) is 0 Å². The molecule has 1 aromatic carbocycles. The van der Waals surface area contributed by atoms with E-state index in [0.717, 1.165) is 18.6 Å². The minimum atomic E-state index is -4.65. The summed E-state index contributed by atoms with van der Waals surface area (Å²) in [6.07, 6.45) is -2.47. The van der Waals surface area contributed by atoms with Crippen LogP contribution in [0.25, 0.3) is 0 Å². The number of aromatic nitrogens is 2. The van der Waals surface area contributed by atoms with E-state index in [4.69, 9.17) is 11.6 Å². The molecule has 0 aliphatic rings. The molecule has 2 rings (SSSR count). The number of hydrogen-bond acceptors (Lipinski definition) is 4.